The molecule has 1 N–H and O–H groups in total. The Morgan fingerprint density at radius 3 is 2.48 bits per heavy atom. The van der Waals surface area contributed by atoms with E-state index in [9.17, 15) is 13.2 Å². The van der Waals surface area contributed by atoms with Gasteiger partial charge in [0.1, 0.15) is 6.54 Å². The fourth-order valence-electron chi connectivity index (χ4n) is 3.71. The number of benzene rings is 2. The maximum Gasteiger partial charge on any atom is 0.241 e. The fraction of sp³-hybridized carbons (Fsp3) is 0.409. The van der Waals surface area contributed by atoms with E-state index in [1.165, 1.54) is 24.0 Å². The third-order valence-corrected chi connectivity index (χ3v) is 7.40. The molecule has 7 heteroatoms. The molecule has 2 aromatic rings. The number of amides is 1. The zero-order valence-corrected chi connectivity index (χ0v) is 19.4. The molecule has 0 aromatic heterocycles. The summed E-state index contributed by atoms with van der Waals surface area (Å²) < 4.78 is 26.7. The Morgan fingerprint density at radius 1 is 1.14 bits per heavy atom. The summed E-state index contributed by atoms with van der Waals surface area (Å²) in [6, 6.07) is 11.4. The Kier molecular flexibility index (Phi) is 6.69. The average molecular weight is 479 g/mol. The predicted molar refractivity (Wildman–Crippen MR) is 121 cm³/mol. The first-order valence-corrected chi connectivity index (χ1v) is 12.4. The molecule has 1 atom stereocenters. The van der Waals surface area contributed by atoms with Crippen molar-refractivity contribution in [3.05, 3.63) is 63.1 Å². The summed E-state index contributed by atoms with van der Waals surface area (Å²) in [5.74, 6) is -0.332. The van der Waals surface area contributed by atoms with Crippen molar-refractivity contribution >= 4 is 37.5 Å². The van der Waals surface area contributed by atoms with Gasteiger partial charge in [-0.1, -0.05) is 34.1 Å². The Hall–Kier alpha value is -1.86. The minimum absolute atomic E-state index is 0.192. The van der Waals surface area contributed by atoms with Crippen molar-refractivity contribution in [3.63, 3.8) is 0 Å². The van der Waals surface area contributed by atoms with Gasteiger partial charge in [-0.2, -0.15) is 0 Å². The molecule has 1 aliphatic rings. The molecular weight excluding hydrogens is 452 g/mol. The van der Waals surface area contributed by atoms with E-state index >= 15 is 0 Å². The molecule has 0 spiro atoms. The molecule has 1 aliphatic carbocycles. The molecule has 5 nitrogen and oxygen atoms in total. The highest BCUT2D eigenvalue weighted by Crippen LogP contribution is 2.26. The second-order valence-corrected chi connectivity index (χ2v) is 10.5. The number of nitrogens with one attached hydrogen (secondary N) is 1. The van der Waals surface area contributed by atoms with Crippen LogP contribution < -0.4 is 9.62 Å². The van der Waals surface area contributed by atoms with Gasteiger partial charge >= 0.3 is 0 Å². The molecule has 156 valence electrons. The van der Waals surface area contributed by atoms with E-state index in [-0.39, 0.29) is 18.5 Å². The SMILES string of the molecule is Cc1cc(N(CC(=O)NC(C)c2ccc3c(c2)CCCC3)S(C)(=O)=O)ccc1Br. The van der Waals surface area contributed by atoms with E-state index in [1.807, 2.05) is 13.8 Å². The van der Waals surface area contributed by atoms with Crippen LogP contribution in [0.4, 0.5) is 5.69 Å². The molecule has 0 bridgehead atoms. The lowest BCUT2D eigenvalue weighted by Gasteiger charge is -2.24. The number of halogens is 1. The lowest BCUT2D eigenvalue weighted by molar-refractivity contribution is -0.120. The van der Waals surface area contributed by atoms with E-state index in [0.717, 1.165) is 39.0 Å². The highest BCUT2D eigenvalue weighted by Gasteiger charge is 2.22. The van der Waals surface area contributed by atoms with Crippen LogP contribution in [0, 0.1) is 6.92 Å². The second-order valence-electron chi connectivity index (χ2n) is 7.73. The Labute approximate surface area is 181 Å². The molecule has 1 amide bonds. The van der Waals surface area contributed by atoms with Crippen LogP contribution in [-0.2, 0) is 27.7 Å². The van der Waals surface area contributed by atoms with Crippen LogP contribution in [0.5, 0.6) is 0 Å². The number of sulfonamides is 1. The third-order valence-electron chi connectivity index (χ3n) is 5.37. The quantitative estimate of drug-likeness (QED) is 0.673. The first-order chi connectivity index (χ1) is 13.6. The van der Waals surface area contributed by atoms with Crippen molar-refractivity contribution < 1.29 is 13.2 Å². The Bertz CT molecular complexity index is 1020. The zero-order chi connectivity index (χ0) is 21.2. The maximum atomic E-state index is 12.7. The zero-order valence-electron chi connectivity index (χ0n) is 17.0. The van der Waals surface area contributed by atoms with Crippen LogP contribution in [-0.4, -0.2) is 27.1 Å². The van der Waals surface area contributed by atoms with Gasteiger partial charge < -0.3 is 5.32 Å². The minimum atomic E-state index is -3.60. The van der Waals surface area contributed by atoms with Crippen molar-refractivity contribution in [2.45, 2.75) is 45.6 Å². The number of carbonyl (C=O) groups excluding carboxylic acids is 1. The number of hydrogen-bond donors (Lipinski definition) is 1. The van der Waals surface area contributed by atoms with Gasteiger partial charge in [0, 0.05) is 4.47 Å². The number of hydrogen-bond acceptors (Lipinski definition) is 3. The monoisotopic (exact) mass is 478 g/mol. The molecule has 0 saturated carbocycles. The van der Waals surface area contributed by atoms with Gasteiger partial charge in [0.2, 0.25) is 15.9 Å². The molecule has 0 aliphatic heterocycles. The number of fused-ring (bicyclic) bond motifs is 1. The molecule has 0 heterocycles. The molecule has 1 unspecified atom stereocenters. The van der Waals surface area contributed by atoms with Crippen LogP contribution in [0.2, 0.25) is 0 Å². The topological polar surface area (TPSA) is 66.5 Å². The molecule has 0 saturated heterocycles. The van der Waals surface area contributed by atoms with Crippen LogP contribution in [0.15, 0.2) is 40.9 Å². The summed E-state index contributed by atoms with van der Waals surface area (Å²) in [6.07, 6.45) is 5.74. The Balaban J connectivity index is 1.74. The van der Waals surface area contributed by atoms with Crippen LogP contribution in [0.3, 0.4) is 0 Å². The predicted octanol–water partition coefficient (Wildman–Crippen LogP) is 4.28. The summed E-state index contributed by atoms with van der Waals surface area (Å²) >= 11 is 3.42. The average Bonchev–Trinajstić information content (AvgIpc) is 2.67. The van der Waals surface area contributed by atoms with Crippen molar-refractivity contribution in [1.82, 2.24) is 5.32 Å². The summed E-state index contributed by atoms with van der Waals surface area (Å²) in [4.78, 5) is 12.7. The summed E-state index contributed by atoms with van der Waals surface area (Å²) in [6.45, 7) is 3.55. The minimum Gasteiger partial charge on any atom is -0.348 e. The molecular formula is C22H27BrN2O3S. The third kappa shape index (κ3) is 5.39. The maximum absolute atomic E-state index is 12.7. The fourth-order valence-corrected chi connectivity index (χ4v) is 4.80. The van der Waals surface area contributed by atoms with E-state index in [1.54, 1.807) is 18.2 Å². The van der Waals surface area contributed by atoms with Gasteiger partial charge in [-0.3, -0.25) is 9.10 Å². The number of carbonyl (C=O) groups is 1. The summed E-state index contributed by atoms with van der Waals surface area (Å²) in [5.41, 5.74) is 5.18. The van der Waals surface area contributed by atoms with Crippen LogP contribution in [0.1, 0.15) is 48.1 Å². The van der Waals surface area contributed by atoms with Gasteiger partial charge in [-0.25, -0.2) is 8.42 Å². The van der Waals surface area contributed by atoms with E-state index < -0.39 is 10.0 Å². The van der Waals surface area contributed by atoms with Gasteiger partial charge in [-0.15, -0.1) is 0 Å². The summed E-state index contributed by atoms with van der Waals surface area (Å²) in [5, 5.41) is 2.95. The van der Waals surface area contributed by atoms with Crippen molar-refractivity contribution in [1.29, 1.82) is 0 Å². The van der Waals surface area contributed by atoms with E-state index in [4.69, 9.17) is 0 Å². The molecule has 3 rings (SSSR count). The highest BCUT2D eigenvalue weighted by atomic mass is 79.9. The standard InChI is InChI=1S/C22H27BrN2O3S/c1-15-12-20(10-11-21(15)23)25(29(3,27)28)14-22(26)24-16(2)18-9-8-17-6-4-5-7-19(17)13-18/h8-13,16H,4-7,14H2,1-3H3,(H,24,26). The van der Waals surface area contributed by atoms with Gasteiger partial charge in [0.25, 0.3) is 0 Å². The molecule has 0 fully saturated rings. The van der Waals surface area contributed by atoms with Crippen molar-refractivity contribution in [2.24, 2.45) is 0 Å². The van der Waals surface area contributed by atoms with Gasteiger partial charge in [0.15, 0.2) is 0 Å². The van der Waals surface area contributed by atoms with Gasteiger partial charge in [-0.05, 0) is 80.0 Å². The van der Waals surface area contributed by atoms with Gasteiger partial charge in [0.05, 0.1) is 18.0 Å². The van der Waals surface area contributed by atoms with Crippen LogP contribution >= 0.6 is 15.9 Å². The summed E-state index contributed by atoms with van der Waals surface area (Å²) in [7, 11) is -3.60. The molecule has 2 aromatic carbocycles. The largest absolute Gasteiger partial charge is 0.348 e. The lowest BCUT2D eigenvalue weighted by atomic mass is 9.89. The number of nitrogens with zero attached hydrogens (tertiary/aromatic N) is 1. The number of anilines is 1. The smallest absolute Gasteiger partial charge is 0.241 e. The second kappa shape index (κ2) is 8.88. The number of rotatable bonds is 6. The molecule has 0 radical (unpaired) electrons. The first-order valence-electron chi connectivity index (χ1n) is 9.80. The van der Waals surface area contributed by atoms with Crippen molar-refractivity contribution in [3.8, 4) is 0 Å². The first kappa shape index (κ1) is 21.8. The van der Waals surface area contributed by atoms with E-state index in [0.29, 0.717) is 5.69 Å². The van der Waals surface area contributed by atoms with Crippen molar-refractivity contribution in [2.75, 3.05) is 17.1 Å². The number of aryl methyl sites for hydroxylation is 3. The highest BCUT2D eigenvalue weighted by molar-refractivity contribution is 9.10. The Morgan fingerprint density at radius 2 is 1.83 bits per heavy atom. The molecule has 29 heavy (non-hydrogen) atoms. The normalized spacial score (nSPS) is 14.8. The van der Waals surface area contributed by atoms with E-state index in [2.05, 4.69) is 39.4 Å². The lowest BCUT2D eigenvalue weighted by Crippen LogP contribution is -2.41. The van der Waals surface area contributed by atoms with Crippen LogP contribution in [0.25, 0.3) is 0 Å².